The van der Waals surface area contributed by atoms with Crippen molar-refractivity contribution in [1.29, 1.82) is 0 Å². The van der Waals surface area contributed by atoms with Gasteiger partial charge in [0.2, 0.25) is 6.20 Å². The number of allylic oxidation sites excluding steroid dienone is 2. The average molecular weight is 250 g/mol. The van der Waals surface area contributed by atoms with Gasteiger partial charge in [0.1, 0.15) is 0 Å². The van der Waals surface area contributed by atoms with E-state index in [1.165, 1.54) is 42.4 Å². The molecule has 0 saturated heterocycles. The summed E-state index contributed by atoms with van der Waals surface area (Å²) in [7, 11) is 0. The van der Waals surface area contributed by atoms with Gasteiger partial charge in [0, 0.05) is 11.6 Å². The van der Waals surface area contributed by atoms with Gasteiger partial charge in [0.05, 0.1) is 0 Å². The van der Waals surface area contributed by atoms with Crippen LogP contribution in [0.3, 0.4) is 0 Å². The molecule has 1 aliphatic rings. The van der Waals surface area contributed by atoms with Gasteiger partial charge in [0.15, 0.2) is 6.20 Å². The van der Waals surface area contributed by atoms with E-state index in [-0.39, 0.29) is 0 Å². The summed E-state index contributed by atoms with van der Waals surface area (Å²) in [4.78, 5) is 0. The summed E-state index contributed by atoms with van der Waals surface area (Å²) in [6.45, 7) is 0. The van der Waals surface area contributed by atoms with Crippen LogP contribution in [0.2, 0.25) is 0 Å². The van der Waals surface area contributed by atoms with Gasteiger partial charge in [0.25, 0.3) is 0 Å². The van der Waals surface area contributed by atoms with Crippen LogP contribution in [0.15, 0.2) is 48.8 Å². The molecule has 1 aliphatic carbocycles. The Morgan fingerprint density at radius 1 is 1.16 bits per heavy atom. The van der Waals surface area contributed by atoms with Gasteiger partial charge >= 0.3 is 0 Å². The third-order valence-electron chi connectivity index (χ3n) is 3.59. The van der Waals surface area contributed by atoms with Gasteiger partial charge in [-0.2, -0.15) is 0 Å². The summed E-state index contributed by atoms with van der Waals surface area (Å²) in [5.41, 5.74) is 4.99. The Kier molecular flexibility index (Phi) is 3.32. The zero-order chi connectivity index (χ0) is 13.1. The molecule has 95 valence electrons. The lowest BCUT2D eigenvalue weighted by atomic mass is 9.92. The van der Waals surface area contributed by atoms with E-state index in [4.69, 9.17) is 5.84 Å². The van der Waals surface area contributed by atoms with Gasteiger partial charge in [-0.3, -0.25) is 0 Å². The molecule has 0 atom stereocenters. The molecular weight excluding hydrogens is 232 g/mol. The Bertz CT molecular complexity index is 614. The molecule has 0 unspecified atom stereocenters. The Balaban J connectivity index is 1.98. The lowest BCUT2D eigenvalue weighted by molar-refractivity contribution is -0.638. The number of rotatable bonds is 2. The van der Waals surface area contributed by atoms with Crippen molar-refractivity contribution < 1.29 is 4.68 Å². The maximum absolute atomic E-state index is 5.77. The average Bonchev–Trinajstić information content (AvgIpc) is 2.48. The maximum Gasteiger partial charge on any atom is 0.206 e. The molecule has 0 aliphatic heterocycles. The highest BCUT2D eigenvalue weighted by Crippen LogP contribution is 2.29. The number of nitrogen functional groups attached to an aromatic ring is 1. The van der Waals surface area contributed by atoms with Crippen molar-refractivity contribution in [3.05, 3.63) is 60.4 Å². The van der Waals surface area contributed by atoms with E-state index in [0.717, 1.165) is 5.56 Å². The molecule has 1 aromatic carbocycles. The molecule has 2 nitrogen and oxygen atoms in total. The van der Waals surface area contributed by atoms with E-state index >= 15 is 0 Å². The molecule has 2 aromatic rings. The van der Waals surface area contributed by atoms with Crippen LogP contribution in [0.25, 0.3) is 16.7 Å². The number of aromatic nitrogens is 1. The Morgan fingerprint density at radius 2 is 2.11 bits per heavy atom. The van der Waals surface area contributed by atoms with E-state index < -0.39 is 0 Å². The first-order valence-electron chi connectivity index (χ1n) is 6.81. The summed E-state index contributed by atoms with van der Waals surface area (Å²) in [5, 5.41) is 0. The van der Waals surface area contributed by atoms with E-state index in [9.17, 15) is 0 Å². The predicted octanol–water partition coefficient (Wildman–Crippen LogP) is 3.11. The number of nitrogens with zero attached hydrogens (tertiary/aromatic N) is 1. The van der Waals surface area contributed by atoms with Gasteiger partial charge in [-0.1, -0.05) is 22.9 Å². The lowest BCUT2D eigenvalue weighted by Gasteiger charge is -2.13. The molecule has 1 aromatic heterocycles. The smallest absolute Gasteiger partial charge is 0.205 e. The largest absolute Gasteiger partial charge is 0.206 e. The highest BCUT2D eigenvalue weighted by molar-refractivity contribution is 5.72. The fourth-order valence-electron chi connectivity index (χ4n) is 2.58. The quantitative estimate of drug-likeness (QED) is 0.644. The second-order valence-electron chi connectivity index (χ2n) is 5.01. The van der Waals surface area contributed by atoms with E-state index in [1.54, 1.807) is 4.68 Å². The van der Waals surface area contributed by atoms with Gasteiger partial charge in [-0.25, -0.2) is 5.84 Å². The van der Waals surface area contributed by atoms with Crippen LogP contribution >= 0.6 is 0 Å². The summed E-state index contributed by atoms with van der Waals surface area (Å²) < 4.78 is 1.59. The number of hydrogen-bond acceptors (Lipinski definition) is 1. The monoisotopic (exact) mass is 250 g/mol. The van der Waals surface area contributed by atoms with Gasteiger partial charge < -0.3 is 0 Å². The van der Waals surface area contributed by atoms with Crippen molar-refractivity contribution in [3.8, 4) is 11.1 Å². The van der Waals surface area contributed by atoms with Crippen LogP contribution in [0.1, 0.15) is 31.2 Å². The zero-order valence-corrected chi connectivity index (χ0v) is 11.0. The fraction of sp³-hybridized carbons (Fsp3) is 0.235. The zero-order valence-electron chi connectivity index (χ0n) is 11.0. The molecule has 2 heteroatoms. The second-order valence-corrected chi connectivity index (χ2v) is 5.01. The molecule has 0 amide bonds. The van der Waals surface area contributed by atoms with Gasteiger partial charge in [-0.15, -0.1) is 0 Å². The summed E-state index contributed by atoms with van der Waals surface area (Å²) in [6.07, 6.45) is 11.1. The van der Waals surface area contributed by atoms with Crippen molar-refractivity contribution in [3.63, 3.8) is 0 Å². The van der Waals surface area contributed by atoms with Crippen molar-refractivity contribution in [2.24, 2.45) is 0 Å². The molecule has 3 rings (SSSR count). The molecule has 0 saturated carbocycles. The molecule has 2 N–H and O–H groups in total. The minimum atomic E-state index is 1.14. The molecule has 0 bridgehead atoms. The van der Waals surface area contributed by atoms with E-state index in [1.807, 2.05) is 24.5 Å². The van der Waals surface area contributed by atoms with Crippen molar-refractivity contribution in [2.45, 2.75) is 25.7 Å². The van der Waals surface area contributed by atoms with Crippen LogP contribution in [0.4, 0.5) is 0 Å². The normalized spacial score (nSPS) is 15.1. The first-order chi connectivity index (χ1) is 9.33. The number of hydrogen-bond donors (Lipinski definition) is 1. The van der Waals surface area contributed by atoms with Crippen molar-refractivity contribution in [2.75, 3.05) is 5.84 Å². The van der Waals surface area contributed by atoms with Crippen molar-refractivity contribution >= 4 is 5.57 Å². The molecule has 19 heavy (non-hydrogen) atoms. The van der Waals surface area contributed by atoms with Gasteiger partial charge in [-0.05, 0) is 60.6 Å². The van der Waals surface area contributed by atoms with E-state index in [0.29, 0.717) is 0 Å². The standard InChI is InChI=1S/C17H18N2/c18-19-11-5-10-17(13-19)16-9-4-8-15(12-16)14-6-2-1-3-7-14/h4-6,9-13H,1-3,7,18H2/q+1. The van der Waals surface area contributed by atoms with Crippen LogP contribution in [-0.2, 0) is 0 Å². The molecular formula is C17H18N2+. The molecule has 0 spiro atoms. The Labute approximate surface area is 114 Å². The molecule has 1 radical (unpaired) electrons. The Morgan fingerprint density at radius 3 is 2.89 bits per heavy atom. The lowest BCUT2D eigenvalue weighted by Crippen LogP contribution is -2.43. The van der Waals surface area contributed by atoms with Crippen LogP contribution in [0, 0.1) is 6.07 Å². The first-order valence-corrected chi connectivity index (χ1v) is 6.81. The maximum atomic E-state index is 5.77. The molecule has 1 heterocycles. The van der Waals surface area contributed by atoms with Crippen LogP contribution in [0.5, 0.6) is 0 Å². The number of benzene rings is 1. The van der Waals surface area contributed by atoms with Crippen LogP contribution in [-0.4, -0.2) is 0 Å². The van der Waals surface area contributed by atoms with Crippen molar-refractivity contribution in [1.82, 2.24) is 0 Å². The van der Waals surface area contributed by atoms with E-state index in [2.05, 4.69) is 30.3 Å². The predicted molar refractivity (Wildman–Crippen MR) is 77.5 cm³/mol. The molecule has 0 fully saturated rings. The summed E-state index contributed by atoms with van der Waals surface area (Å²) >= 11 is 0. The third kappa shape index (κ3) is 2.68. The number of pyridine rings is 1. The number of nitrogens with two attached hydrogens (primary N) is 1. The minimum Gasteiger partial charge on any atom is -0.205 e. The Hall–Kier alpha value is -2.09. The first kappa shape index (κ1) is 12.0. The fourth-order valence-corrected chi connectivity index (χ4v) is 2.58. The third-order valence-corrected chi connectivity index (χ3v) is 3.59. The van der Waals surface area contributed by atoms with Crippen LogP contribution < -0.4 is 10.5 Å². The minimum absolute atomic E-state index is 1.14. The second kappa shape index (κ2) is 5.27. The highest BCUT2D eigenvalue weighted by atomic mass is 15.3. The summed E-state index contributed by atoms with van der Waals surface area (Å²) in [6, 6.07) is 13.7. The highest BCUT2D eigenvalue weighted by Gasteiger charge is 2.09. The SMILES string of the molecule is N[n+]1cccc(-c2cc[c]c(C3=CCCCC3)c2)c1. The topological polar surface area (TPSA) is 29.9 Å². The summed E-state index contributed by atoms with van der Waals surface area (Å²) in [5.74, 6) is 5.77.